The van der Waals surface area contributed by atoms with Crippen LogP contribution >= 0.6 is 0 Å². The molecule has 0 saturated heterocycles. The van der Waals surface area contributed by atoms with Gasteiger partial charge < -0.3 is 0 Å². The van der Waals surface area contributed by atoms with Crippen molar-refractivity contribution in [3.8, 4) is 0 Å². The second-order valence-corrected chi connectivity index (χ2v) is 5.73. The molecule has 21 heavy (non-hydrogen) atoms. The van der Waals surface area contributed by atoms with Gasteiger partial charge in [0.15, 0.2) is 0 Å². The minimum absolute atomic E-state index is 0.0648. The largest absolute Gasteiger partial charge is 0.271 e. The molecule has 0 bridgehead atoms. The van der Waals surface area contributed by atoms with Gasteiger partial charge in [-0.3, -0.25) is 25.9 Å². The van der Waals surface area contributed by atoms with E-state index in [-0.39, 0.29) is 6.04 Å². The van der Waals surface area contributed by atoms with E-state index in [1.165, 1.54) is 25.7 Å². The third-order valence-corrected chi connectivity index (χ3v) is 4.13. The summed E-state index contributed by atoms with van der Waals surface area (Å²) in [4.78, 5) is 8.66. The maximum atomic E-state index is 5.67. The zero-order valence-electron chi connectivity index (χ0n) is 12.4. The van der Waals surface area contributed by atoms with Crippen LogP contribution in [-0.4, -0.2) is 19.7 Å². The molecule has 2 aromatic rings. The summed E-state index contributed by atoms with van der Waals surface area (Å²) in [6.45, 7) is 1.92. The Morgan fingerprint density at radius 1 is 1.33 bits per heavy atom. The van der Waals surface area contributed by atoms with Crippen LogP contribution in [0.25, 0.3) is 0 Å². The quantitative estimate of drug-likeness (QED) is 0.647. The number of nitrogens with one attached hydrogen (secondary N) is 1. The maximum absolute atomic E-state index is 5.67. The summed E-state index contributed by atoms with van der Waals surface area (Å²) in [7, 11) is 0. The van der Waals surface area contributed by atoms with Gasteiger partial charge >= 0.3 is 0 Å². The number of hydrogen-bond donors (Lipinski definition) is 2. The Hall–Kier alpha value is -1.79. The second-order valence-electron chi connectivity index (χ2n) is 5.73. The first kappa shape index (κ1) is 14.2. The fraction of sp³-hybridized carbons (Fsp3) is 0.533. The highest BCUT2D eigenvalue weighted by Gasteiger charge is 2.19. The number of rotatable bonds is 5. The lowest BCUT2D eigenvalue weighted by molar-refractivity contribution is 0.456. The van der Waals surface area contributed by atoms with Gasteiger partial charge in [0.2, 0.25) is 0 Å². The molecular formula is C15H22N6. The molecule has 0 radical (unpaired) electrons. The summed E-state index contributed by atoms with van der Waals surface area (Å²) in [6.07, 6.45) is 11.4. The van der Waals surface area contributed by atoms with E-state index in [9.17, 15) is 0 Å². The first-order valence-corrected chi connectivity index (χ1v) is 7.55. The molecule has 1 unspecified atom stereocenters. The SMILES string of the molecule is Cc1cnc(C(Cc2ccn(C3CCCC3)n2)NN)cn1. The molecule has 3 rings (SSSR count). The van der Waals surface area contributed by atoms with Gasteiger partial charge in [0, 0.05) is 18.8 Å². The first-order valence-electron chi connectivity index (χ1n) is 7.55. The molecule has 1 atom stereocenters. The van der Waals surface area contributed by atoms with Crippen molar-refractivity contribution < 1.29 is 0 Å². The molecule has 2 aromatic heterocycles. The molecule has 1 aliphatic carbocycles. The smallest absolute Gasteiger partial charge is 0.0773 e. The van der Waals surface area contributed by atoms with E-state index in [4.69, 9.17) is 10.9 Å². The van der Waals surface area contributed by atoms with Crippen molar-refractivity contribution in [2.75, 3.05) is 0 Å². The van der Waals surface area contributed by atoms with Crippen LogP contribution in [0.2, 0.25) is 0 Å². The van der Waals surface area contributed by atoms with Gasteiger partial charge in [-0.2, -0.15) is 5.10 Å². The third-order valence-electron chi connectivity index (χ3n) is 4.13. The monoisotopic (exact) mass is 286 g/mol. The normalized spacial score (nSPS) is 17.2. The third kappa shape index (κ3) is 3.28. The summed E-state index contributed by atoms with van der Waals surface area (Å²) < 4.78 is 2.11. The Bertz CT molecular complexity index is 570. The van der Waals surface area contributed by atoms with Gasteiger partial charge in [-0.15, -0.1) is 0 Å². The molecule has 6 nitrogen and oxygen atoms in total. The van der Waals surface area contributed by atoms with Gasteiger partial charge in [-0.25, -0.2) is 0 Å². The Labute approximate surface area is 124 Å². The first-order chi connectivity index (χ1) is 10.3. The second kappa shape index (κ2) is 6.32. The molecule has 2 heterocycles. The van der Waals surface area contributed by atoms with Crippen molar-refractivity contribution >= 4 is 0 Å². The van der Waals surface area contributed by atoms with Crippen molar-refractivity contribution in [3.05, 3.63) is 41.7 Å². The van der Waals surface area contributed by atoms with E-state index in [2.05, 4.69) is 32.3 Å². The van der Waals surface area contributed by atoms with Gasteiger partial charge in [-0.1, -0.05) is 12.8 Å². The van der Waals surface area contributed by atoms with Gasteiger partial charge in [0.25, 0.3) is 0 Å². The molecule has 0 spiro atoms. The van der Waals surface area contributed by atoms with E-state index in [0.29, 0.717) is 12.5 Å². The average molecular weight is 286 g/mol. The van der Waals surface area contributed by atoms with Crippen LogP contribution < -0.4 is 11.3 Å². The van der Waals surface area contributed by atoms with Crippen LogP contribution in [0.5, 0.6) is 0 Å². The topological polar surface area (TPSA) is 81.7 Å². The fourth-order valence-corrected chi connectivity index (χ4v) is 2.90. The van der Waals surface area contributed by atoms with Crippen molar-refractivity contribution in [2.45, 2.75) is 51.1 Å². The molecular weight excluding hydrogens is 264 g/mol. The molecule has 112 valence electrons. The number of aromatic nitrogens is 4. The Balaban J connectivity index is 1.70. The van der Waals surface area contributed by atoms with Crippen LogP contribution in [0.3, 0.4) is 0 Å². The van der Waals surface area contributed by atoms with Gasteiger partial charge in [0.05, 0.1) is 35.4 Å². The van der Waals surface area contributed by atoms with Crippen LogP contribution in [0.15, 0.2) is 24.7 Å². The molecule has 3 N–H and O–H groups in total. The zero-order chi connectivity index (χ0) is 14.7. The van der Waals surface area contributed by atoms with Gasteiger partial charge in [0.1, 0.15) is 0 Å². The summed E-state index contributed by atoms with van der Waals surface area (Å²) in [6, 6.07) is 2.58. The van der Waals surface area contributed by atoms with E-state index < -0.39 is 0 Å². The fourth-order valence-electron chi connectivity index (χ4n) is 2.90. The molecule has 6 heteroatoms. The van der Waals surface area contributed by atoms with Crippen molar-refractivity contribution in [3.63, 3.8) is 0 Å². The van der Waals surface area contributed by atoms with Crippen molar-refractivity contribution in [1.29, 1.82) is 0 Å². The van der Waals surface area contributed by atoms with Gasteiger partial charge in [-0.05, 0) is 25.8 Å². The van der Waals surface area contributed by atoms with Crippen LogP contribution in [0.1, 0.15) is 54.8 Å². The lowest BCUT2D eigenvalue weighted by atomic mass is 10.1. The number of hydrogen-bond acceptors (Lipinski definition) is 5. The number of nitrogens with zero attached hydrogens (tertiary/aromatic N) is 4. The van der Waals surface area contributed by atoms with Crippen molar-refractivity contribution in [2.24, 2.45) is 5.84 Å². The molecule has 0 aliphatic heterocycles. The standard InChI is InChI=1S/C15H22N6/c1-11-9-18-15(10-17-11)14(19-16)8-12-6-7-21(20-12)13-4-2-3-5-13/h6-7,9-10,13-14,19H,2-5,8,16H2,1H3. The summed E-state index contributed by atoms with van der Waals surface area (Å²) in [5, 5.41) is 4.70. The summed E-state index contributed by atoms with van der Waals surface area (Å²) in [5.41, 5.74) is 5.60. The highest BCUT2D eigenvalue weighted by atomic mass is 15.3. The van der Waals surface area contributed by atoms with E-state index in [0.717, 1.165) is 17.1 Å². The van der Waals surface area contributed by atoms with Crippen LogP contribution in [0, 0.1) is 6.92 Å². The predicted octanol–water partition coefficient (Wildman–Crippen LogP) is 1.84. The highest BCUT2D eigenvalue weighted by Crippen LogP contribution is 2.29. The zero-order valence-corrected chi connectivity index (χ0v) is 12.4. The molecule has 1 aliphatic rings. The average Bonchev–Trinajstić information content (AvgIpc) is 3.17. The molecule has 1 saturated carbocycles. The van der Waals surface area contributed by atoms with E-state index in [1.807, 2.05) is 6.92 Å². The maximum Gasteiger partial charge on any atom is 0.0773 e. The molecule has 0 amide bonds. The minimum atomic E-state index is -0.0648. The number of hydrazine groups is 1. The predicted molar refractivity (Wildman–Crippen MR) is 80.3 cm³/mol. The Morgan fingerprint density at radius 3 is 2.81 bits per heavy atom. The number of nitrogens with two attached hydrogens (primary N) is 1. The Morgan fingerprint density at radius 2 is 2.14 bits per heavy atom. The van der Waals surface area contributed by atoms with E-state index in [1.54, 1.807) is 12.4 Å². The van der Waals surface area contributed by atoms with Crippen molar-refractivity contribution in [1.82, 2.24) is 25.2 Å². The lowest BCUT2D eigenvalue weighted by Gasteiger charge is -2.14. The van der Waals surface area contributed by atoms with E-state index >= 15 is 0 Å². The summed E-state index contributed by atoms with van der Waals surface area (Å²) >= 11 is 0. The van der Waals surface area contributed by atoms with Crippen LogP contribution in [-0.2, 0) is 6.42 Å². The summed E-state index contributed by atoms with van der Waals surface area (Å²) in [5.74, 6) is 5.67. The highest BCUT2D eigenvalue weighted by molar-refractivity contribution is 5.11. The van der Waals surface area contributed by atoms with Crippen LogP contribution in [0.4, 0.5) is 0 Å². The molecule has 1 fully saturated rings. The number of aryl methyl sites for hydroxylation is 1. The Kier molecular flexibility index (Phi) is 4.26. The lowest BCUT2D eigenvalue weighted by Crippen LogP contribution is -2.30. The molecule has 0 aromatic carbocycles. The minimum Gasteiger partial charge on any atom is -0.271 e.